The second kappa shape index (κ2) is 8.04. The third kappa shape index (κ3) is 4.20. The van der Waals surface area contributed by atoms with Crippen LogP contribution in [0.5, 0.6) is 0 Å². The molecule has 27 heavy (non-hydrogen) atoms. The van der Waals surface area contributed by atoms with E-state index in [4.69, 9.17) is 0 Å². The number of nitrogens with zero attached hydrogens (tertiary/aromatic N) is 2. The lowest BCUT2D eigenvalue weighted by Gasteiger charge is -2.35. The molecule has 1 aliphatic rings. The van der Waals surface area contributed by atoms with Crippen molar-refractivity contribution in [2.24, 2.45) is 0 Å². The first-order chi connectivity index (χ1) is 12.8. The summed E-state index contributed by atoms with van der Waals surface area (Å²) in [5.41, 5.74) is 0.438. The van der Waals surface area contributed by atoms with E-state index in [-0.39, 0.29) is 23.2 Å². The molecular formula is C18H20F2N2O3S2. The lowest BCUT2D eigenvalue weighted by Crippen LogP contribution is -2.51. The van der Waals surface area contributed by atoms with Gasteiger partial charge in [-0.3, -0.25) is 4.79 Å². The van der Waals surface area contributed by atoms with Crippen LogP contribution in [0.4, 0.5) is 8.78 Å². The van der Waals surface area contributed by atoms with Gasteiger partial charge < -0.3 is 4.90 Å². The molecule has 2 aromatic rings. The SMILES string of the molecule is CN(Cc1ccc(F)c(F)c1)C(=O)[C@@H]1CCCCN1S(=O)(=O)c1cccs1. The summed E-state index contributed by atoms with van der Waals surface area (Å²) in [6, 6.07) is 5.86. The fourth-order valence-corrected chi connectivity index (χ4v) is 5.98. The predicted octanol–water partition coefficient (Wildman–Crippen LogP) is 3.23. The topological polar surface area (TPSA) is 57.7 Å². The maximum absolute atomic E-state index is 13.4. The van der Waals surface area contributed by atoms with E-state index in [9.17, 15) is 22.0 Å². The monoisotopic (exact) mass is 414 g/mol. The van der Waals surface area contributed by atoms with Gasteiger partial charge in [-0.1, -0.05) is 18.6 Å². The zero-order valence-electron chi connectivity index (χ0n) is 14.8. The summed E-state index contributed by atoms with van der Waals surface area (Å²) in [5, 5.41) is 1.68. The van der Waals surface area contributed by atoms with Crippen molar-refractivity contribution in [1.29, 1.82) is 0 Å². The van der Waals surface area contributed by atoms with Crippen molar-refractivity contribution in [3.8, 4) is 0 Å². The van der Waals surface area contributed by atoms with Crippen molar-refractivity contribution < 1.29 is 22.0 Å². The molecule has 1 fully saturated rings. The van der Waals surface area contributed by atoms with E-state index in [0.717, 1.165) is 29.9 Å². The normalized spacial score (nSPS) is 18.4. The second-order valence-corrected chi connectivity index (χ2v) is 9.57. The maximum atomic E-state index is 13.4. The quantitative estimate of drug-likeness (QED) is 0.755. The molecule has 9 heteroatoms. The summed E-state index contributed by atoms with van der Waals surface area (Å²) in [7, 11) is -2.20. The summed E-state index contributed by atoms with van der Waals surface area (Å²) in [6.45, 7) is 0.356. The molecule has 0 saturated carbocycles. The zero-order valence-corrected chi connectivity index (χ0v) is 16.4. The molecule has 1 atom stereocenters. The Bertz CT molecular complexity index is 917. The Balaban J connectivity index is 1.79. The average Bonchev–Trinajstić information content (AvgIpc) is 3.20. The lowest BCUT2D eigenvalue weighted by atomic mass is 10.0. The van der Waals surface area contributed by atoms with Crippen molar-refractivity contribution in [3.05, 3.63) is 52.9 Å². The number of hydrogen-bond donors (Lipinski definition) is 0. The molecule has 0 N–H and O–H groups in total. The number of benzene rings is 1. The molecule has 0 spiro atoms. The molecule has 2 heterocycles. The fourth-order valence-electron chi connectivity index (χ4n) is 3.21. The highest BCUT2D eigenvalue weighted by Gasteiger charge is 2.39. The second-order valence-electron chi connectivity index (χ2n) is 6.50. The first-order valence-corrected chi connectivity index (χ1v) is 10.9. The highest BCUT2D eigenvalue weighted by atomic mass is 32.2. The van der Waals surface area contributed by atoms with Gasteiger partial charge in [0.15, 0.2) is 11.6 Å². The Morgan fingerprint density at radius 2 is 2.04 bits per heavy atom. The molecule has 1 aromatic carbocycles. The van der Waals surface area contributed by atoms with E-state index in [0.29, 0.717) is 18.4 Å². The van der Waals surface area contributed by atoms with E-state index in [1.165, 1.54) is 28.4 Å². The van der Waals surface area contributed by atoms with Crippen LogP contribution >= 0.6 is 11.3 Å². The summed E-state index contributed by atoms with van der Waals surface area (Å²) in [4.78, 5) is 14.3. The van der Waals surface area contributed by atoms with E-state index < -0.39 is 27.7 Å². The van der Waals surface area contributed by atoms with E-state index in [1.807, 2.05) is 0 Å². The van der Waals surface area contributed by atoms with E-state index >= 15 is 0 Å². The largest absolute Gasteiger partial charge is 0.340 e. The van der Waals surface area contributed by atoms with Gasteiger partial charge >= 0.3 is 0 Å². The molecule has 0 aliphatic carbocycles. The van der Waals surface area contributed by atoms with Crippen molar-refractivity contribution in [1.82, 2.24) is 9.21 Å². The highest BCUT2D eigenvalue weighted by molar-refractivity contribution is 7.91. The third-order valence-electron chi connectivity index (χ3n) is 4.58. The molecule has 0 bridgehead atoms. The summed E-state index contributed by atoms with van der Waals surface area (Å²) < 4.78 is 53.8. The van der Waals surface area contributed by atoms with Gasteiger partial charge in [0.2, 0.25) is 5.91 Å². The van der Waals surface area contributed by atoms with Crippen molar-refractivity contribution in [2.45, 2.75) is 36.1 Å². The number of sulfonamides is 1. The van der Waals surface area contributed by atoms with Crippen molar-refractivity contribution >= 4 is 27.3 Å². The van der Waals surface area contributed by atoms with E-state index in [1.54, 1.807) is 11.4 Å². The molecule has 0 unspecified atom stereocenters. The average molecular weight is 414 g/mol. The summed E-state index contributed by atoms with van der Waals surface area (Å²) in [5.74, 6) is -2.28. The Morgan fingerprint density at radius 1 is 1.26 bits per heavy atom. The van der Waals surface area contributed by atoms with Crippen molar-refractivity contribution in [2.75, 3.05) is 13.6 Å². The van der Waals surface area contributed by atoms with Crippen LogP contribution in [0.15, 0.2) is 39.9 Å². The fraction of sp³-hybridized carbons (Fsp3) is 0.389. The minimum atomic E-state index is -3.74. The van der Waals surface area contributed by atoms with Crippen LogP contribution in [0.3, 0.4) is 0 Å². The number of thiophene rings is 1. The number of carbonyl (C=O) groups excluding carboxylic acids is 1. The number of carbonyl (C=O) groups is 1. The smallest absolute Gasteiger partial charge is 0.253 e. The van der Waals surface area contributed by atoms with Crippen LogP contribution in [-0.4, -0.2) is 43.2 Å². The molecular weight excluding hydrogens is 394 g/mol. The van der Waals surface area contributed by atoms with Gasteiger partial charge in [-0.05, 0) is 42.0 Å². The molecule has 3 rings (SSSR count). The van der Waals surface area contributed by atoms with Gasteiger partial charge in [0.05, 0.1) is 0 Å². The van der Waals surface area contributed by atoms with Gasteiger partial charge in [0.25, 0.3) is 10.0 Å². The number of hydrogen-bond acceptors (Lipinski definition) is 4. The van der Waals surface area contributed by atoms with Crippen LogP contribution in [-0.2, 0) is 21.4 Å². The number of likely N-dealkylation sites (N-methyl/N-ethyl adjacent to an activating group) is 1. The van der Waals surface area contributed by atoms with Crippen LogP contribution in [0, 0.1) is 11.6 Å². The van der Waals surface area contributed by atoms with Crippen LogP contribution in [0.25, 0.3) is 0 Å². The molecule has 1 amide bonds. The van der Waals surface area contributed by atoms with Crippen LogP contribution in [0.2, 0.25) is 0 Å². The Morgan fingerprint density at radius 3 is 2.70 bits per heavy atom. The first kappa shape index (κ1) is 19.9. The van der Waals surface area contributed by atoms with Gasteiger partial charge in [-0.15, -0.1) is 11.3 Å². The standard InChI is InChI=1S/C18H20F2N2O3S2/c1-21(12-13-7-8-14(19)15(20)11-13)18(23)16-5-2-3-9-22(16)27(24,25)17-6-4-10-26-17/h4,6-8,10-11,16H,2-3,5,9,12H2,1H3/t16-/m0/s1. The summed E-state index contributed by atoms with van der Waals surface area (Å²) >= 11 is 1.12. The Labute approximate surface area is 161 Å². The molecule has 5 nitrogen and oxygen atoms in total. The Hall–Kier alpha value is -1.84. The molecule has 1 aliphatic heterocycles. The molecule has 1 saturated heterocycles. The van der Waals surface area contributed by atoms with Gasteiger partial charge in [-0.25, -0.2) is 17.2 Å². The number of rotatable bonds is 5. The Kier molecular flexibility index (Phi) is 5.92. The summed E-state index contributed by atoms with van der Waals surface area (Å²) in [6.07, 6.45) is 1.89. The van der Waals surface area contributed by atoms with Crippen LogP contribution in [0.1, 0.15) is 24.8 Å². The third-order valence-corrected chi connectivity index (χ3v) is 7.86. The van der Waals surface area contributed by atoms with Gasteiger partial charge in [0, 0.05) is 20.1 Å². The maximum Gasteiger partial charge on any atom is 0.253 e. The molecule has 146 valence electrons. The number of piperidine rings is 1. The lowest BCUT2D eigenvalue weighted by molar-refractivity contribution is -0.135. The molecule has 0 radical (unpaired) electrons. The van der Waals surface area contributed by atoms with Crippen molar-refractivity contribution in [3.63, 3.8) is 0 Å². The zero-order chi connectivity index (χ0) is 19.6. The predicted molar refractivity (Wildman–Crippen MR) is 98.7 cm³/mol. The minimum Gasteiger partial charge on any atom is -0.340 e. The van der Waals surface area contributed by atoms with E-state index in [2.05, 4.69) is 0 Å². The minimum absolute atomic E-state index is 0.0689. The van der Waals surface area contributed by atoms with Gasteiger partial charge in [-0.2, -0.15) is 4.31 Å². The first-order valence-electron chi connectivity index (χ1n) is 8.55. The number of amides is 1. The van der Waals surface area contributed by atoms with Crippen LogP contribution < -0.4 is 0 Å². The van der Waals surface area contributed by atoms with Gasteiger partial charge in [0.1, 0.15) is 10.3 Å². The molecule has 1 aromatic heterocycles. The highest BCUT2D eigenvalue weighted by Crippen LogP contribution is 2.29. The number of halogens is 2.